The summed E-state index contributed by atoms with van der Waals surface area (Å²) in [5.41, 5.74) is -0.807. The molecular formula is C11H12F3NO. The minimum absolute atomic E-state index is 0.139. The van der Waals surface area contributed by atoms with E-state index in [-0.39, 0.29) is 6.61 Å². The van der Waals surface area contributed by atoms with Gasteiger partial charge in [0.2, 0.25) is 0 Å². The lowest BCUT2D eigenvalue weighted by atomic mass is 9.92. The highest BCUT2D eigenvalue weighted by atomic mass is 19.4. The van der Waals surface area contributed by atoms with Gasteiger partial charge in [0.1, 0.15) is 0 Å². The lowest BCUT2D eigenvalue weighted by Crippen LogP contribution is -2.22. The zero-order chi connectivity index (χ0) is 11.8. The predicted molar refractivity (Wildman–Crippen MR) is 52.5 cm³/mol. The van der Waals surface area contributed by atoms with Crippen molar-refractivity contribution in [2.45, 2.75) is 24.4 Å². The minimum Gasteiger partial charge on any atom is -0.304 e. The second-order valence-electron chi connectivity index (χ2n) is 4.13. The number of hydrogen-bond donors (Lipinski definition) is 1. The third kappa shape index (κ3) is 1.92. The van der Waals surface area contributed by atoms with E-state index in [2.05, 4.69) is 4.84 Å². The third-order valence-electron chi connectivity index (χ3n) is 3.02. The molecule has 0 saturated heterocycles. The molecule has 0 amide bonds. The summed E-state index contributed by atoms with van der Waals surface area (Å²) < 4.78 is 38.3. The zero-order valence-electron chi connectivity index (χ0n) is 8.55. The number of hydrogen-bond acceptors (Lipinski definition) is 2. The zero-order valence-corrected chi connectivity index (χ0v) is 8.55. The Hall–Kier alpha value is -1.07. The summed E-state index contributed by atoms with van der Waals surface area (Å²) in [4.78, 5) is 4.52. The maximum atomic E-state index is 12.8. The normalized spacial score (nSPS) is 18.5. The second kappa shape index (κ2) is 3.75. The summed E-state index contributed by atoms with van der Waals surface area (Å²) in [5, 5.41) is 0. The van der Waals surface area contributed by atoms with Crippen molar-refractivity contribution < 1.29 is 18.0 Å². The molecule has 2 nitrogen and oxygen atoms in total. The van der Waals surface area contributed by atoms with Crippen molar-refractivity contribution in [3.8, 4) is 0 Å². The molecule has 1 fully saturated rings. The van der Waals surface area contributed by atoms with E-state index < -0.39 is 17.2 Å². The van der Waals surface area contributed by atoms with Crippen LogP contribution < -0.4 is 5.90 Å². The third-order valence-corrected chi connectivity index (χ3v) is 3.02. The topological polar surface area (TPSA) is 35.2 Å². The van der Waals surface area contributed by atoms with Gasteiger partial charge in [-0.25, -0.2) is 5.90 Å². The maximum absolute atomic E-state index is 12.8. The van der Waals surface area contributed by atoms with Crippen LogP contribution in [-0.2, 0) is 16.4 Å². The summed E-state index contributed by atoms with van der Waals surface area (Å²) in [6.07, 6.45) is -2.94. The van der Waals surface area contributed by atoms with Crippen LogP contribution >= 0.6 is 0 Å². The van der Waals surface area contributed by atoms with Crippen LogP contribution in [0.1, 0.15) is 24.0 Å². The Bertz CT molecular complexity index is 385. The minimum atomic E-state index is -4.32. The lowest BCUT2D eigenvalue weighted by Gasteiger charge is -2.19. The molecule has 1 aromatic rings. The van der Waals surface area contributed by atoms with E-state index in [1.807, 2.05) is 0 Å². The summed E-state index contributed by atoms with van der Waals surface area (Å²) in [5.74, 6) is 4.97. The molecule has 0 aliphatic heterocycles. The SMILES string of the molecule is NOCC1(c2ccccc2C(F)(F)F)CC1. The quantitative estimate of drug-likeness (QED) is 0.811. The van der Waals surface area contributed by atoms with Crippen LogP contribution in [0.4, 0.5) is 13.2 Å². The number of rotatable bonds is 3. The van der Waals surface area contributed by atoms with E-state index >= 15 is 0 Å². The molecule has 0 radical (unpaired) electrons. The van der Waals surface area contributed by atoms with Crippen LogP contribution in [0.25, 0.3) is 0 Å². The smallest absolute Gasteiger partial charge is 0.304 e. The number of alkyl halides is 3. The van der Waals surface area contributed by atoms with Gasteiger partial charge in [0.05, 0.1) is 12.2 Å². The molecule has 1 saturated carbocycles. The average Bonchev–Trinajstić information content (AvgIpc) is 2.98. The molecule has 1 aliphatic rings. The van der Waals surface area contributed by atoms with Gasteiger partial charge in [0.25, 0.3) is 0 Å². The Kier molecular flexibility index (Phi) is 2.67. The van der Waals surface area contributed by atoms with Gasteiger partial charge in [-0.15, -0.1) is 0 Å². The second-order valence-corrected chi connectivity index (χ2v) is 4.13. The molecule has 0 spiro atoms. The Balaban J connectivity index is 2.41. The number of nitrogens with two attached hydrogens (primary N) is 1. The largest absolute Gasteiger partial charge is 0.416 e. The Morgan fingerprint density at radius 1 is 1.25 bits per heavy atom. The van der Waals surface area contributed by atoms with Gasteiger partial charge >= 0.3 is 6.18 Å². The van der Waals surface area contributed by atoms with Crippen molar-refractivity contribution in [3.05, 3.63) is 35.4 Å². The van der Waals surface area contributed by atoms with Gasteiger partial charge in [-0.05, 0) is 24.5 Å². The summed E-state index contributed by atoms with van der Waals surface area (Å²) in [7, 11) is 0. The molecule has 0 unspecified atom stereocenters. The van der Waals surface area contributed by atoms with E-state index in [9.17, 15) is 13.2 Å². The molecule has 5 heteroatoms. The average molecular weight is 231 g/mol. The highest BCUT2D eigenvalue weighted by molar-refractivity contribution is 5.40. The van der Waals surface area contributed by atoms with Crippen LogP contribution in [0.5, 0.6) is 0 Å². The fourth-order valence-corrected chi connectivity index (χ4v) is 1.99. The first-order valence-electron chi connectivity index (χ1n) is 4.98. The van der Waals surface area contributed by atoms with Crippen LogP contribution in [0.15, 0.2) is 24.3 Å². The first-order chi connectivity index (χ1) is 7.49. The van der Waals surface area contributed by atoms with E-state index in [0.29, 0.717) is 18.4 Å². The van der Waals surface area contributed by atoms with Crippen LogP contribution in [0, 0.1) is 0 Å². The monoisotopic (exact) mass is 231 g/mol. The molecule has 1 aliphatic carbocycles. The molecule has 16 heavy (non-hydrogen) atoms. The first kappa shape index (κ1) is 11.4. The fourth-order valence-electron chi connectivity index (χ4n) is 1.99. The fraction of sp³-hybridized carbons (Fsp3) is 0.455. The van der Waals surface area contributed by atoms with Crippen LogP contribution in [0.2, 0.25) is 0 Å². The van der Waals surface area contributed by atoms with Gasteiger partial charge < -0.3 is 4.84 Å². The van der Waals surface area contributed by atoms with Crippen molar-refractivity contribution in [3.63, 3.8) is 0 Å². The molecule has 0 aromatic heterocycles. The van der Waals surface area contributed by atoms with Gasteiger partial charge in [0.15, 0.2) is 0 Å². The van der Waals surface area contributed by atoms with Crippen molar-refractivity contribution in [2.75, 3.05) is 6.61 Å². The maximum Gasteiger partial charge on any atom is 0.416 e. The molecular weight excluding hydrogens is 219 g/mol. The molecule has 1 aromatic carbocycles. The van der Waals surface area contributed by atoms with Crippen LogP contribution in [-0.4, -0.2) is 6.61 Å². The van der Waals surface area contributed by atoms with Gasteiger partial charge in [-0.1, -0.05) is 18.2 Å². The van der Waals surface area contributed by atoms with E-state index in [4.69, 9.17) is 5.90 Å². The predicted octanol–water partition coefficient (Wildman–Crippen LogP) is 2.63. The Labute approximate surface area is 91.2 Å². The standard InChI is InChI=1S/C11H12F3NO/c12-11(13,14)9-4-2-1-3-8(9)10(5-6-10)7-16-15/h1-4H,5-7,15H2. The molecule has 2 N–H and O–H groups in total. The van der Waals surface area contributed by atoms with Crippen molar-refractivity contribution in [2.24, 2.45) is 5.90 Å². The van der Waals surface area contributed by atoms with Crippen molar-refractivity contribution in [1.82, 2.24) is 0 Å². The van der Waals surface area contributed by atoms with Crippen molar-refractivity contribution >= 4 is 0 Å². The highest BCUT2D eigenvalue weighted by Crippen LogP contribution is 2.51. The Morgan fingerprint density at radius 3 is 2.38 bits per heavy atom. The Morgan fingerprint density at radius 2 is 1.88 bits per heavy atom. The van der Waals surface area contributed by atoms with Gasteiger partial charge in [-0.2, -0.15) is 13.2 Å². The number of halogens is 3. The van der Waals surface area contributed by atoms with Gasteiger partial charge in [0, 0.05) is 5.41 Å². The van der Waals surface area contributed by atoms with Gasteiger partial charge in [-0.3, -0.25) is 0 Å². The molecule has 2 rings (SSSR count). The summed E-state index contributed by atoms with van der Waals surface area (Å²) >= 11 is 0. The molecule has 0 bridgehead atoms. The first-order valence-corrected chi connectivity index (χ1v) is 4.98. The highest BCUT2D eigenvalue weighted by Gasteiger charge is 2.49. The van der Waals surface area contributed by atoms with Crippen molar-refractivity contribution in [1.29, 1.82) is 0 Å². The van der Waals surface area contributed by atoms with E-state index in [0.717, 1.165) is 6.07 Å². The summed E-state index contributed by atoms with van der Waals surface area (Å²) in [6.45, 7) is 0.139. The van der Waals surface area contributed by atoms with Crippen LogP contribution in [0.3, 0.4) is 0 Å². The van der Waals surface area contributed by atoms with E-state index in [1.54, 1.807) is 6.07 Å². The number of benzene rings is 1. The molecule has 0 heterocycles. The summed E-state index contributed by atoms with van der Waals surface area (Å²) in [6, 6.07) is 5.62. The molecule has 88 valence electrons. The van der Waals surface area contributed by atoms with E-state index in [1.165, 1.54) is 12.1 Å². The molecule has 0 atom stereocenters. The lowest BCUT2D eigenvalue weighted by molar-refractivity contribution is -0.138.